The minimum absolute atomic E-state index is 0.146. The summed E-state index contributed by atoms with van der Waals surface area (Å²) in [7, 11) is 1.56. The van der Waals surface area contributed by atoms with Gasteiger partial charge in [-0.25, -0.2) is 18.7 Å². The summed E-state index contributed by atoms with van der Waals surface area (Å²) < 4.78 is 34.4. The van der Waals surface area contributed by atoms with Crippen molar-refractivity contribution in [1.82, 2.24) is 19.9 Å². The number of methoxy groups -OCH3 is 1. The zero-order valence-corrected chi connectivity index (χ0v) is 19.5. The molecule has 36 heavy (non-hydrogen) atoms. The number of alkyl halides is 1. The molecule has 2 aromatic carbocycles. The largest absolute Gasteiger partial charge is 0.497 e. The van der Waals surface area contributed by atoms with E-state index >= 15 is 0 Å². The first-order chi connectivity index (χ1) is 17.5. The first-order valence-corrected chi connectivity index (χ1v) is 11.2. The van der Waals surface area contributed by atoms with E-state index in [-0.39, 0.29) is 17.0 Å². The van der Waals surface area contributed by atoms with Crippen LogP contribution in [0.15, 0.2) is 67.5 Å². The molecule has 0 spiro atoms. The molecule has 0 radical (unpaired) electrons. The van der Waals surface area contributed by atoms with Gasteiger partial charge in [0.15, 0.2) is 5.82 Å². The topological polar surface area (TPSA) is 92.8 Å². The summed E-state index contributed by atoms with van der Waals surface area (Å²) in [4.78, 5) is 21.3. The van der Waals surface area contributed by atoms with Crippen LogP contribution in [-0.2, 0) is 0 Å². The van der Waals surface area contributed by atoms with Gasteiger partial charge < -0.3 is 14.6 Å². The second-order valence-electron chi connectivity index (χ2n) is 8.02. The summed E-state index contributed by atoms with van der Waals surface area (Å²) in [5.74, 6) is -0.172. The van der Waals surface area contributed by atoms with E-state index in [0.717, 1.165) is 0 Å². The van der Waals surface area contributed by atoms with Gasteiger partial charge in [0.2, 0.25) is 0 Å². The molecule has 9 heteroatoms. The fourth-order valence-corrected chi connectivity index (χ4v) is 3.93. The summed E-state index contributed by atoms with van der Waals surface area (Å²) in [5, 5.41) is 13.0. The first-order valence-electron chi connectivity index (χ1n) is 11.2. The molecular formula is C27H23F2N5O2. The standard InChI is InChI=1S/C27H23F2N5O2/c1-3-4-5-19(13-28)33-27(35)17-15-31-26(32-16-17)25-23(14-30)22-12-18(29)6-11-24(22)34(25)20-7-9-21(36-2)10-8-20/h3,6-12,15-16,19H,1,4-5,13H2,2H3,(H,33,35). The lowest BCUT2D eigenvalue weighted by Crippen LogP contribution is -2.36. The molecule has 0 aliphatic heterocycles. The molecule has 1 amide bonds. The minimum Gasteiger partial charge on any atom is -0.497 e. The molecule has 0 aliphatic carbocycles. The molecule has 0 aliphatic rings. The van der Waals surface area contributed by atoms with Crippen LogP contribution in [0, 0.1) is 17.1 Å². The van der Waals surface area contributed by atoms with Crippen LogP contribution in [0.4, 0.5) is 8.78 Å². The number of nitrogens with one attached hydrogen (secondary N) is 1. The lowest BCUT2D eigenvalue weighted by molar-refractivity contribution is 0.0927. The van der Waals surface area contributed by atoms with Crippen molar-refractivity contribution in [1.29, 1.82) is 5.26 Å². The number of rotatable bonds is 9. The summed E-state index contributed by atoms with van der Waals surface area (Å²) in [5.41, 5.74) is 1.96. The Kier molecular flexibility index (Phi) is 7.35. The van der Waals surface area contributed by atoms with Gasteiger partial charge in [-0.05, 0) is 55.3 Å². The van der Waals surface area contributed by atoms with E-state index in [1.54, 1.807) is 48.1 Å². The number of fused-ring (bicyclic) bond motifs is 1. The van der Waals surface area contributed by atoms with Gasteiger partial charge in [0.05, 0.1) is 29.8 Å². The third kappa shape index (κ3) is 4.79. The molecule has 1 N–H and O–H groups in total. The van der Waals surface area contributed by atoms with Gasteiger partial charge in [0, 0.05) is 23.5 Å². The molecule has 2 aromatic heterocycles. The molecule has 1 atom stereocenters. The van der Waals surface area contributed by atoms with E-state index in [1.165, 1.54) is 24.5 Å². The number of halogens is 2. The molecule has 182 valence electrons. The summed E-state index contributed by atoms with van der Waals surface area (Å²) >= 11 is 0. The number of allylic oxidation sites excluding steroid dienone is 1. The van der Waals surface area contributed by atoms with Gasteiger partial charge in [-0.2, -0.15) is 5.26 Å². The lowest BCUT2D eigenvalue weighted by Gasteiger charge is -2.14. The van der Waals surface area contributed by atoms with Crippen molar-refractivity contribution >= 4 is 16.8 Å². The third-order valence-electron chi connectivity index (χ3n) is 5.74. The van der Waals surface area contributed by atoms with Crippen molar-refractivity contribution in [2.75, 3.05) is 13.8 Å². The molecule has 0 saturated heterocycles. The molecule has 4 aromatic rings. The van der Waals surface area contributed by atoms with Crippen LogP contribution in [-0.4, -0.2) is 40.3 Å². The molecule has 1 unspecified atom stereocenters. The number of hydrogen-bond acceptors (Lipinski definition) is 5. The van der Waals surface area contributed by atoms with E-state index in [4.69, 9.17) is 4.74 Å². The number of carbonyl (C=O) groups excluding carboxylic acids is 1. The van der Waals surface area contributed by atoms with E-state index in [1.807, 2.05) is 0 Å². The van der Waals surface area contributed by atoms with Crippen molar-refractivity contribution in [3.8, 4) is 29.0 Å². The predicted octanol–water partition coefficient (Wildman–Crippen LogP) is 5.14. The van der Waals surface area contributed by atoms with Crippen molar-refractivity contribution in [2.24, 2.45) is 0 Å². The fraction of sp³-hybridized carbons (Fsp3) is 0.185. The Morgan fingerprint density at radius 2 is 1.97 bits per heavy atom. The van der Waals surface area contributed by atoms with Crippen LogP contribution in [0.3, 0.4) is 0 Å². The Morgan fingerprint density at radius 3 is 2.58 bits per heavy atom. The summed E-state index contributed by atoms with van der Waals surface area (Å²) in [6.07, 6.45) is 5.29. The number of benzene rings is 2. The Hall–Kier alpha value is -4.58. The molecule has 2 heterocycles. The van der Waals surface area contributed by atoms with Crippen LogP contribution in [0.25, 0.3) is 28.1 Å². The zero-order chi connectivity index (χ0) is 25.7. The Morgan fingerprint density at radius 1 is 1.25 bits per heavy atom. The van der Waals surface area contributed by atoms with E-state index in [2.05, 4.69) is 27.9 Å². The zero-order valence-electron chi connectivity index (χ0n) is 19.5. The van der Waals surface area contributed by atoms with E-state index < -0.39 is 24.4 Å². The van der Waals surface area contributed by atoms with Gasteiger partial charge in [0.25, 0.3) is 5.91 Å². The average Bonchev–Trinajstić information content (AvgIpc) is 3.24. The second-order valence-corrected chi connectivity index (χ2v) is 8.02. The average molecular weight is 488 g/mol. The quantitative estimate of drug-likeness (QED) is 0.330. The normalized spacial score (nSPS) is 11.6. The van der Waals surface area contributed by atoms with E-state index in [0.29, 0.717) is 40.9 Å². The van der Waals surface area contributed by atoms with Crippen LogP contribution >= 0.6 is 0 Å². The summed E-state index contributed by atoms with van der Waals surface area (Å²) in [6, 6.07) is 12.8. The maximum Gasteiger partial charge on any atom is 0.254 e. The maximum atomic E-state index is 14.1. The number of hydrogen-bond donors (Lipinski definition) is 1. The van der Waals surface area contributed by atoms with Crippen LogP contribution in [0.2, 0.25) is 0 Å². The smallest absolute Gasteiger partial charge is 0.254 e. The van der Waals surface area contributed by atoms with Gasteiger partial charge in [-0.15, -0.1) is 6.58 Å². The fourth-order valence-electron chi connectivity index (χ4n) is 3.93. The van der Waals surface area contributed by atoms with Gasteiger partial charge >= 0.3 is 0 Å². The lowest BCUT2D eigenvalue weighted by atomic mass is 10.1. The number of nitriles is 1. The SMILES string of the molecule is C=CCCC(CF)NC(=O)c1cnc(-c2c(C#N)c3cc(F)ccc3n2-c2ccc(OC)cc2)nc1. The molecule has 0 saturated carbocycles. The highest BCUT2D eigenvalue weighted by Crippen LogP contribution is 2.35. The van der Waals surface area contributed by atoms with Crippen LogP contribution in [0.5, 0.6) is 5.75 Å². The highest BCUT2D eigenvalue weighted by atomic mass is 19.1. The molecule has 7 nitrogen and oxygen atoms in total. The maximum absolute atomic E-state index is 14.1. The highest BCUT2D eigenvalue weighted by Gasteiger charge is 2.23. The van der Waals surface area contributed by atoms with Crippen molar-refractivity contribution in [3.05, 3.63) is 84.5 Å². The Balaban J connectivity index is 1.79. The number of aromatic nitrogens is 3. The number of nitrogens with zero attached hydrogens (tertiary/aromatic N) is 4. The van der Waals surface area contributed by atoms with Crippen molar-refractivity contribution in [3.63, 3.8) is 0 Å². The molecule has 0 bridgehead atoms. The third-order valence-corrected chi connectivity index (χ3v) is 5.74. The molecule has 0 fully saturated rings. The number of carbonyl (C=O) groups is 1. The van der Waals surface area contributed by atoms with Crippen molar-refractivity contribution in [2.45, 2.75) is 18.9 Å². The number of amides is 1. The molecular weight excluding hydrogens is 464 g/mol. The van der Waals surface area contributed by atoms with Gasteiger partial charge in [-0.3, -0.25) is 4.79 Å². The predicted molar refractivity (Wildman–Crippen MR) is 132 cm³/mol. The van der Waals surface area contributed by atoms with Crippen molar-refractivity contribution < 1.29 is 18.3 Å². The molecule has 4 rings (SSSR count). The Bertz CT molecular complexity index is 1440. The van der Waals surface area contributed by atoms with Gasteiger partial charge in [-0.1, -0.05) is 6.08 Å². The number of ether oxygens (including phenoxy) is 1. The van der Waals surface area contributed by atoms with Crippen LogP contribution in [0.1, 0.15) is 28.8 Å². The van der Waals surface area contributed by atoms with E-state index in [9.17, 15) is 18.8 Å². The van der Waals surface area contributed by atoms with Crippen LogP contribution < -0.4 is 10.1 Å². The summed E-state index contributed by atoms with van der Waals surface area (Å²) in [6.45, 7) is 2.90. The monoisotopic (exact) mass is 487 g/mol. The minimum atomic E-state index is -0.706. The Labute approximate surface area is 206 Å². The first kappa shape index (κ1) is 24.5. The highest BCUT2D eigenvalue weighted by molar-refractivity contribution is 5.96. The van der Waals surface area contributed by atoms with Gasteiger partial charge in [0.1, 0.15) is 30.0 Å². The second kappa shape index (κ2) is 10.8.